The molecule has 2 unspecified atom stereocenters. The fourth-order valence-corrected chi connectivity index (χ4v) is 2.81. The van der Waals surface area contributed by atoms with Gasteiger partial charge in [-0.15, -0.1) is 0 Å². The van der Waals surface area contributed by atoms with Crippen LogP contribution in [-0.2, 0) is 4.74 Å². The van der Waals surface area contributed by atoms with Gasteiger partial charge in [0, 0.05) is 43.8 Å². The lowest BCUT2D eigenvalue weighted by atomic mass is 10.2. The molecule has 0 aliphatic carbocycles. The quantitative estimate of drug-likeness (QED) is 0.740. The van der Waals surface area contributed by atoms with Crippen LogP contribution in [0.3, 0.4) is 0 Å². The SMILES string of the molecule is CCOC(CN)CN1CCSCC1C. The predicted molar refractivity (Wildman–Crippen MR) is 62.8 cm³/mol. The molecule has 1 aliphatic heterocycles. The van der Waals surface area contributed by atoms with Crippen molar-refractivity contribution < 1.29 is 4.74 Å². The van der Waals surface area contributed by atoms with E-state index in [9.17, 15) is 0 Å². The van der Waals surface area contributed by atoms with E-state index in [1.807, 2.05) is 18.7 Å². The molecule has 1 rings (SSSR count). The van der Waals surface area contributed by atoms with Crippen LogP contribution in [0, 0.1) is 0 Å². The second-order valence-electron chi connectivity index (χ2n) is 3.73. The van der Waals surface area contributed by atoms with Gasteiger partial charge in [-0.3, -0.25) is 4.90 Å². The van der Waals surface area contributed by atoms with Crippen molar-refractivity contribution in [3.05, 3.63) is 0 Å². The molecule has 2 N–H and O–H groups in total. The fraction of sp³-hybridized carbons (Fsp3) is 1.00. The molecule has 0 aromatic rings. The Morgan fingerprint density at radius 1 is 1.64 bits per heavy atom. The van der Waals surface area contributed by atoms with E-state index in [1.165, 1.54) is 18.1 Å². The van der Waals surface area contributed by atoms with Crippen molar-refractivity contribution >= 4 is 11.8 Å². The summed E-state index contributed by atoms with van der Waals surface area (Å²) in [5.74, 6) is 2.48. The van der Waals surface area contributed by atoms with Crippen molar-refractivity contribution in [3.63, 3.8) is 0 Å². The Bertz CT molecular complexity index is 157. The first-order chi connectivity index (χ1) is 6.77. The number of hydrogen-bond acceptors (Lipinski definition) is 4. The van der Waals surface area contributed by atoms with Crippen molar-refractivity contribution in [3.8, 4) is 0 Å². The Labute approximate surface area is 91.4 Å². The largest absolute Gasteiger partial charge is 0.376 e. The van der Waals surface area contributed by atoms with Crippen LogP contribution in [0.4, 0.5) is 0 Å². The van der Waals surface area contributed by atoms with Crippen molar-refractivity contribution in [2.45, 2.75) is 26.0 Å². The number of hydrogen-bond donors (Lipinski definition) is 1. The molecule has 1 saturated heterocycles. The van der Waals surface area contributed by atoms with E-state index in [-0.39, 0.29) is 6.10 Å². The van der Waals surface area contributed by atoms with Crippen LogP contribution in [0.1, 0.15) is 13.8 Å². The number of nitrogens with two attached hydrogens (primary N) is 1. The summed E-state index contributed by atoms with van der Waals surface area (Å²) in [4.78, 5) is 2.49. The first-order valence-electron chi connectivity index (χ1n) is 5.41. The third kappa shape index (κ3) is 3.77. The Kier molecular flexibility index (Phi) is 5.86. The van der Waals surface area contributed by atoms with E-state index in [2.05, 4.69) is 11.8 Å². The summed E-state index contributed by atoms with van der Waals surface area (Å²) in [6.45, 7) is 7.87. The van der Waals surface area contributed by atoms with Crippen molar-refractivity contribution in [2.24, 2.45) is 5.73 Å². The monoisotopic (exact) mass is 218 g/mol. The van der Waals surface area contributed by atoms with Crippen molar-refractivity contribution in [2.75, 3.05) is 37.7 Å². The fourth-order valence-electron chi connectivity index (χ4n) is 1.73. The van der Waals surface area contributed by atoms with Crippen LogP contribution in [0.2, 0.25) is 0 Å². The zero-order valence-electron chi connectivity index (χ0n) is 9.24. The van der Waals surface area contributed by atoms with Crippen molar-refractivity contribution in [1.29, 1.82) is 0 Å². The molecule has 4 heteroatoms. The second kappa shape index (κ2) is 6.67. The van der Waals surface area contributed by atoms with E-state index in [0.29, 0.717) is 12.6 Å². The standard InChI is InChI=1S/C10H22N2OS/c1-3-13-10(6-11)7-12-4-5-14-8-9(12)2/h9-10H,3-8,11H2,1-2H3. The Balaban J connectivity index is 2.31. The second-order valence-corrected chi connectivity index (χ2v) is 4.88. The number of thioether (sulfide) groups is 1. The molecule has 0 aromatic carbocycles. The maximum Gasteiger partial charge on any atom is 0.0823 e. The molecule has 0 bridgehead atoms. The smallest absolute Gasteiger partial charge is 0.0823 e. The minimum atomic E-state index is 0.213. The predicted octanol–water partition coefficient (Wildman–Crippen LogP) is 0.788. The lowest BCUT2D eigenvalue weighted by molar-refractivity contribution is 0.0328. The summed E-state index contributed by atoms with van der Waals surface area (Å²) < 4.78 is 5.57. The Morgan fingerprint density at radius 3 is 3.00 bits per heavy atom. The highest BCUT2D eigenvalue weighted by Gasteiger charge is 2.21. The normalized spacial score (nSPS) is 26.4. The van der Waals surface area contributed by atoms with Gasteiger partial charge in [0.15, 0.2) is 0 Å². The van der Waals surface area contributed by atoms with Gasteiger partial charge in [0.05, 0.1) is 6.10 Å². The summed E-state index contributed by atoms with van der Waals surface area (Å²) in [6.07, 6.45) is 0.213. The molecular formula is C10H22N2OS. The van der Waals surface area contributed by atoms with E-state index in [0.717, 1.165) is 13.2 Å². The van der Waals surface area contributed by atoms with Gasteiger partial charge in [0.2, 0.25) is 0 Å². The van der Waals surface area contributed by atoms with Crippen LogP contribution in [0.5, 0.6) is 0 Å². The topological polar surface area (TPSA) is 38.5 Å². The minimum absolute atomic E-state index is 0.213. The zero-order valence-corrected chi connectivity index (χ0v) is 10.1. The first-order valence-corrected chi connectivity index (χ1v) is 6.56. The molecule has 0 radical (unpaired) electrons. The van der Waals surface area contributed by atoms with Crippen LogP contribution >= 0.6 is 11.8 Å². The van der Waals surface area contributed by atoms with Crippen molar-refractivity contribution in [1.82, 2.24) is 4.90 Å². The van der Waals surface area contributed by atoms with Gasteiger partial charge in [0.1, 0.15) is 0 Å². The molecular weight excluding hydrogens is 196 g/mol. The molecule has 1 aliphatic rings. The molecule has 14 heavy (non-hydrogen) atoms. The maximum atomic E-state index is 5.66. The van der Waals surface area contributed by atoms with Crippen LogP contribution < -0.4 is 5.73 Å². The molecule has 84 valence electrons. The highest BCUT2D eigenvalue weighted by molar-refractivity contribution is 7.99. The third-order valence-corrected chi connectivity index (χ3v) is 3.80. The number of nitrogens with zero attached hydrogens (tertiary/aromatic N) is 1. The summed E-state index contributed by atoms with van der Waals surface area (Å²) in [6, 6.07) is 0.670. The molecule has 0 spiro atoms. The molecule has 1 fully saturated rings. The highest BCUT2D eigenvalue weighted by Crippen LogP contribution is 2.16. The molecule has 2 atom stereocenters. The lowest BCUT2D eigenvalue weighted by Gasteiger charge is -2.35. The maximum absolute atomic E-state index is 5.66. The summed E-state index contributed by atoms with van der Waals surface area (Å²) in [5, 5.41) is 0. The molecule has 1 heterocycles. The van der Waals surface area contributed by atoms with E-state index in [1.54, 1.807) is 0 Å². The minimum Gasteiger partial charge on any atom is -0.376 e. The number of ether oxygens (including phenoxy) is 1. The average molecular weight is 218 g/mol. The van der Waals surface area contributed by atoms with E-state index in [4.69, 9.17) is 10.5 Å². The van der Waals surface area contributed by atoms with Crippen LogP contribution in [-0.4, -0.2) is 54.8 Å². The summed E-state index contributed by atoms with van der Waals surface area (Å²) in [7, 11) is 0. The summed E-state index contributed by atoms with van der Waals surface area (Å²) >= 11 is 2.04. The van der Waals surface area contributed by atoms with Crippen LogP contribution in [0.25, 0.3) is 0 Å². The van der Waals surface area contributed by atoms with Gasteiger partial charge in [-0.25, -0.2) is 0 Å². The van der Waals surface area contributed by atoms with Gasteiger partial charge >= 0.3 is 0 Å². The molecule has 0 aromatic heterocycles. The van der Waals surface area contributed by atoms with Gasteiger partial charge in [0.25, 0.3) is 0 Å². The van der Waals surface area contributed by atoms with Gasteiger partial charge in [-0.1, -0.05) is 0 Å². The Hall–Kier alpha value is 0.230. The van der Waals surface area contributed by atoms with E-state index >= 15 is 0 Å². The average Bonchev–Trinajstić information content (AvgIpc) is 2.20. The molecule has 0 saturated carbocycles. The lowest BCUT2D eigenvalue weighted by Crippen LogP contribution is -2.46. The van der Waals surface area contributed by atoms with Gasteiger partial charge in [-0.05, 0) is 13.8 Å². The number of rotatable bonds is 5. The van der Waals surface area contributed by atoms with Gasteiger partial charge in [-0.2, -0.15) is 11.8 Å². The zero-order chi connectivity index (χ0) is 10.4. The van der Waals surface area contributed by atoms with Gasteiger partial charge < -0.3 is 10.5 Å². The van der Waals surface area contributed by atoms with Crippen LogP contribution in [0.15, 0.2) is 0 Å². The molecule has 3 nitrogen and oxygen atoms in total. The summed E-state index contributed by atoms with van der Waals surface area (Å²) in [5.41, 5.74) is 5.66. The Morgan fingerprint density at radius 2 is 2.43 bits per heavy atom. The van der Waals surface area contributed by atoms with E-state index < -0.39 is 0 Å². The molecule has 0 amide bonds. The highest BCUT2D eigenvalue weighted by atomic mass is 32.2. The first kappa shape index (κ1) is 12.3. The third-order valence-electron chi connectivity index (χ3n) is 2.61.